The molecule has 3 atom stereocenters. The van der Waals surface area contributed by atoms with Crippen molar-refractivity contribution in [2.45, 2.75) is 54.6 Å². The molecule has 3 unspecified atom stereocenters. The smallest absolute Gasteiger partial charge is 0.365 e. The highest BCUT2D eigenvalue weighted by Gasteiger charge is 2.46. The molecule has 0 aliphatic heterocycles. The van der Waals surface area contributed by atoms with Gasteiger partial charge in [-0.2, -0.15) is 23.5 Å². The highest BCUT2D eigenvalue weighted by Crippen LogP contribution is 2.36. The van der Waals surface area contributed by atoms with Gasteiger partial charge in [0.15, 0.2) is 5.82 Å². The fourth-order valence-corrected chi connectivity index (χ4v) is 5.03. The maximum atomic E-state index is 12.8. The van der Waals surface area contributed by atoms with Gasteiger partial charge in [-0.1, -0.05) is 0 Å². The molecule has 4 rings (SSSR count). The van der Waals surface area contributed by atoms with Gasteiger partial charge in [-0.05, 0) is 68.8 Å². The van der Waals surface area contributed by atoms with E-state index in [-0.39, 0.29) is 35.1 Å². The number of halogens is 3. The van der Waals surface area contributed by atoms with Gasteiger partial charge in [-0.15, -0.1) is 0 Å². The molecule has 1 heterocycles. The lowest BCUT2D eigenvalue weighted by atomic mass is 9.82. The molecular weight excluding hydrogens is 485 g/mol. The summed E-state index contributed by atoms with van der Waals surface area (Å²) in [6.07, 6.45) is 6.11. The Morgan fingerprint density at radius 3 is 2.46 bits per heavy atom. The van der Waals surface area contributed by atoms with E-state index in [1.165, 1.54) is 23.7 Å². The van der Waals surface area contributed by atoms with E-state index in [1.54, 1.807) is 0 Å². The average Bonchev–Trinajstić information content (AvgIpc) is 3.55. The number of nitrogens with one attached hydrogen (secondary N) is 2. The monoisotopic (exact) mass is 510 g/mol. The number of primary amides is 1. The summed E-state index contributed by atoms with van der Waals surface area (Å²) in [6, 6.07) is 6.21. The summed E-state index contributed by atoms with van der Waals surface area (Å²) in [5, 5.41) is 20.5. The molecule has 35 heavy (non-hydrogen) atoms. The van der Waals surface area contributed by atoms with E-state index in [4.69, 9.17) is 5.73 Å². The minimum absolute atomic E-state index is 0.0441. The number of sulfone groups is 1. The Labute approximate surface area is 200 Å². The maximum Gasteiger partial charge on any atom is 0.501 e. The molecule has 188 valence electrons. The lowest BCUT2D eigenvalue weighted by Crippen LogP contribution is -2.39. The van der Waals surface area contributed by atoms with Crippen molar-refractivity contribution in [1.82, 2.24) is 15.1 Å². The summed E-state index contributed by atoms with van der Waals surface area (Å²) < 4.78 is 62.9. The summed E-state index contributed by atoms with van der Waals surface area (Å²) in [4.78, 5) is 11.1. The van der Waals surface area contributed by atoms with Gasteiger partial charge in [0, 0.05) is 17.9 Å². The highest BCUT2D eigenvalue weighted by molar-refractivity contribution is 7.92. The fraction of sp³-hybridized carbons (Fsp3) is 0.500. The molecule has 0 saturated heterocycles. The molecule has 9 nitrogen and oxygen atoms in total. The summed E-state index contributed by atoms with van der Waals surface area (Å²) in [7, 11) is -5.47. The van der Waals surface area contributed by atoms with E-state index in [2.05, 4.69) is 21.8 Å². The first-order valence-electron chi connectivity index (χ1n) is 11.2. The summed E-state index contributed by atoms with van der Waals surface area (Å²) in [5.74, 6) is -0.313. The van der Waals surface area contributed by atoms with E-state index < -0.39 is 26.1 Å². The second-order valence-electron chi connectivity index (χ2n) is 9.00. The third kappa shape index (κ3) is 5.43. The van der Waals surface area contributed by atoms with Gasteiger partial charge >= 0.3 is 5.51 Å². The van der Waals surface area contributed by atoms with Gasteiger partial charge in [-0.3, -0.25) is 9.48 Å². The first-order chi connectivity index (χ1) is 16.5. The molecule has 1 aromatic heterocycles. The SMILES string of the molecule is N#CC1CC(NCC2CC2)CCC1n1cc(C(N)=O)c(Nc2ccc(S(=O)(=O)C(F)(F)F)cc2)n1. The summed E-state index contributed by atoms with van der Waals surface area (Å²) >= 11 is 0. The molecule has 4 N–H and O–H groups in total. The van der Waals surface area contributed by atoms with Crippen LogP contribution < -0.4 is 16.4 Å². The van der Waals surface area contributed by atoms with Crippen LogP contribution in [0.15, 0.2) is 35.4 Å². The quantitative estimate of drug-likeness (QED) is 0.495. The van der Waals surface area contributed by atoms with Crippen molar-refractivity contribution in [1.29, 1.82) is 5.26 Å². The Hall–Kier alpha value is -3.11. The number of benzene rings is 1. The fourth-order valence-electron chi connectivity index (χ4n) is 4.27. The molecule has 0 radical (unpaired) electrons. The zero-order valence-corrected chi connectivity index (χ0v) is 19.4. The predicted octanol–water partition coefficient (Wildman–Crippen LogP) is 3.25. The van der Waals surface area contributed by atoms with E-state index in [1.807, 2.05) is 0 Å². The molecule has 2 saturated carbocycles. The summed E-state index contributed by atoms with van der Waals surface area (Å²) in [5.41, 5.74) is 0.334. The number of hydrogen-bond donors (Lipinski definition) is 3. The standard InChI is InChI=1S/C22H25F3N6O3S/c23-22(24,25)35(33,34)17-6-3-15(4-7-17)29-21-18(20(27)32)12-31(30-21)19-8-5-16(9-14(19)10-26)28-11-13-1-2-13/h3-4,6-7,12-14,16,19,28H,1-2,5,8-9,11H2,(H2,27,32)(H,29,30). The number of anilines is 2. The molecule has 2 aromatic rings. The summed E-state index contributed by atoms with van der Waals surface area (Å²) in [6.45, 7) is 0.957. The van der Waals surface area contributed by atoms with Crippen LogP contribution in [0.3, 0.4) is 0 Å². The van der Waals surface area contributed by atoms with E-state index in [9.17, 15) is 31.6 Å². The lowest BCUT2D eigenvalue weighted by molar-refractivity contribution is -0.0436. The minimum atomic E-state index is -5.47. The molecule has 13 heteroatoms. The number of nitriles is 1. The second kappa shape index (κ2) is 9.50. The van der Waals surface area contributed by atoms with Crippen LogP contribution in [-0.4, -0.2) is 42.2 Å². The van der Waals surface area contributed by atoms with Gasteiger partial charge in [0.25, 0.3) is 15.7 Å². The van der Waals surface area contributed by atoms with Crippen molar-refractivity contribution in [2.24, 2.45) is 17.6 Å². The zero-order valence-electron chi connectivity index (χ0n) is 18.6. The van der Waals surface area contributed by atoms with Crippen LogP contribution in [0.4, 0.5) is 24.7 Å². The van der Waals surface area contributed by atoms with Crippen molar-refractivity contribution >= 4 is 27.2 Å². The number of nitrogens with two attached hydrogens (primary N) is 1. The average molecular weight is 511 g/mol. The topological polar surface area (TPSA) is 143 Å². The Bertz CT molecular complexity index is 1230. The van der Waals surface area contributed by atoms with Crippen molar-refractivity contribution in [2.75, 3.05) is 11.9 Å². The van der Waals surface area contributed by atoms with Crippen LogP contribution in [0.1, 0.15) is 48.5 Å². The Balaban J connectivity index is 1.51. The molecule has 1 amide bonds. The highest BCUT2D eigenvalue weighted by atomic mass is 32.2. The van der Waals surface area contributed by atoms with Crippen LogP contribution in [0.2, 0.25) is 0 Å². The molecular formula is C22H25F3N6O3S. The van der Waals surface area contributed by atoms with Crippen LogP contribution in [0, 0.1) is 23.2 Å². The number of hydrogen-bond acceptors (Lipinski definition) is 7. The van der Waals surface area contributed by atoms with Gasteiger partial charge in [-0.25, -0.2) is 8.42 Å². The number of carbonyl (C=O) groups is 1. The number of aromatic nitrogens is 2. The van der Waals surface area contributed by atoms with Gasteiger partial charge in [0.2, 0.25) is 0 Å². The maximum absolute atomic E-state index is 12.8. The van der Waals surface area contributed by atoms with Crippen LogP contribution in [0.25, 0.3) is 0 Å². The minimum Gasteiger partial charge on any atom is -0.365 e. The number of amides is 1. The number of alkyl halides is 3. The van der Waals surface area contributed by atoms with E-state index in [0.717, 1.165) is 43.1 Å². The third-order valence-corrected chi connectivity index (χ3v) is 7.94. The van der Waals surface area contributed by atoms with Gasteiger partial charge in [0.05, 0.1) is 22.9 Å². The van der Waals surface area contributed by atoms with Crippen molar-refractivity contribution < 1.29 is 26.4 Å². The van der Waals surface area contributed by atoms with E-state index >= 15 is 0 Å². The molecule has 2 aliphatic carbocycles. The largest absolute Gasteiger partial charge is 0.501 e. The number of nitrogens with zero attached hydrogens (tertiary/aromatic N) is 3. The van der Waals surface area contributed by atoms with E-state index in [0.29, 0.717) is 12.8 Å². The Morgan fingerprint density at radius 1 is 1.20 bits per heavy atom. The number of rotatable bonds is 8. The van der Waals surface area contributed by atoms with Gasteiger partial charge in [0.1, 0.15) is 5.56 Å². The Morgan fingerprint density at radius 2 is 1.89 bits per heavy atom. The van der Waals surface area contributed by atoms with Gasteiger partial charge < -0.3 is 16.4 Å². The van der Waals surface area contributed by atoms with Crippen LogP contribution in [0.5, 0.6) is 0 Å². The molecule has 0 spiro atoms. The zero-order chi connectivity index (χ0) is 25.4. The van der Waals surface area contributed by atoms with Crippen LogP contribution in [-0.2, 0) is 9.84 Å². The first kappa shape index (κ1) is 25.0. The van der Waals surface area contributed by atoms with Crippen molar-refractivity contribution in [3.05, 3.63) is 36.0 Å². The molecule has 2 fully saturated rings. The second-order valence-corrected chi connectivity index (χ2v) is 10.9. The van der Waals surface area contributed by atoms with Crippen molar-refractivity contribution in [3.8, 4) is 6.07 Å². The van der Waals surface area contributed by atoms with Crippen LogP contribution >= 0.6 is 0 Å². The lowest BCUT2D eigenvalue weighted by Gasteiger charge is -2.33. The normalized spacial score (nSPS) is 23.0. The molecule has 1 aromatic carbocycles. The Kier molecular flexibility index (Phi) is 6.79. The molecule has 0 bridgehead atoms. The predicted molar refractivity (Wildman–Crippen MR) is 120 cm³/mol. The third-order valence-electron chi connectivity index (χ3n) is 6.44. The first-order valence-corrected chi connectivity index (χ1v) is 12.7. The molecule has 2 aliphatic rings. The van der Waals surface area contributed by atoms with Crippen molar-refractivity contribution in [3.63, 3.8) is 0 Å². The number of carbonyl (C=O) groups excluding carboxylic acids is 1.